The second-order valence-electron chi connectivity index (χ2n) is 6.99. The number of ketones is 1. The largest absolute Gasteiger partial charge is 0.444 e. The second kappa shape index (κ2) is 7.95. The third-order valence-electron chi connectivity index (χ3n) is 3.16. The number of ether oxygens (including phenoxy) is 1. The van der Waals surface area contributed by atoms with Gasteiger partial charge in [0.1, 0.15) is 11.6 Å². The van der Waals surface area contributed by atoms with Gasteiger partial charge in [0.2, 0.25) is 5.91 Å². The quantitative estimate of drug-likeness (QED) is 0.809. The van der Waals surface area contributed by atoms with Crippen molar-refractivity contribution < 1.29 is 19.1 Å². The maximum Gasteiger partial charge on any atom is 0.408 e. The number of rotatable bonds is 5. The normalized spacial score (nSPS) is 12.5. The maximum absolute atomic E-state index is 12.5. The molecule has 24 heavy (non-hydrogen) atoms. The van der Waals surface area contributed by atoms with Gasteiger partial charge < -0.3 is 15.4 Å². The first kappa shape index (κ1) is 19.7. The van der Waals surface area contributed by atoms with Crippen molar-refractivity contribution in [2.75, 3.05) is 5.32 Å². The van der Waals surface area contributed by atoms with Crippen molar-refractivity contribution in [3.05, 3.63) is 29.8 Å². The summed E-state index contributed by atoms with van der Waals surface area (Å²) in [7, 11) is 0. The van der Waals surface area contributed by atoms with Crippen molar-refractivity contribution in [3.63, 3.8) is 0 Å². The minimum absolute atomic E-state index is 0.0848. The predicted molar refractivity (Wildman–Crippen MR) is 93.1 cm³/mol. The Morgan fingerprint density at radius 3 is 2.25 bits per heavy atom. The second-order valence-corrected chi connectivity index (χ2v) is 6.99. The molecule has 0 aromatic heterocycles. The summed E-state index contributed by atoms with van der Waals surface area (Å²) in [6, 6.07) is 5.91. The zero-order valence-electron chi connectivity index (χ0n) is 15.1. The molecule has 1 rings (SSSR count). The van der Waals surface area contributed by atoms with Gasteiger partial charge >= 0.3 is 6.09 Å². The fourth-order valence-electron chi connectivity index (χ4n) is 2.01. The molecule has 2 N–H and O–H groups in total. The van der Waals surface area contributed by atoms with Gasteiger partial charge in [0.15, 0.2) is 5.78 Å². The molecule has 0 spiro atoms. The number of Topliss-reactive ketones (excluding diaryl/α,β-unsaturated/α-hetero) is 1. The van der Waals surface area contributed by atoms with E-state index in [1.807, 2.05) is 13.8 Å². The molecule has 1 atom stereocenters. The lowest BCUT2D eigenvalue weighted by molar-refractivity contribution is -0.119. The van der Waals surface area contributed by atoms with Crippen LogP contribution in [-0.2, 0) is 9.53 Å². The van der Waals surface area contributed by atoms with Crippen molar-refractivity contribution in [1.82, 2.24) is 5.32 Å². The fourth-order valence-corrected chi connectivity index (χ4v) is 2.01. The van der Waals surface area contributed by atoms with Crippen LogP contribution in [0.25, 0.3) is 0 Å². The van der Waals surface area contributed by atoms with Gasteiger partial charge in [0.05, 0.1) is 0 Å². The molecule has 0 radical (unpaired) electrons. The predicted octanol–water partition coefficient (Wildman–Crippen LogP) is 3.38. The van der Waals surface area contributed by atoms with E-state index in [-0.39, 0.29) is 17.6 Å². The highest BCUT2D eigenvalue weighted by Gasteiger charge is 2.27. The van der Waals surface area contributed by atoms with Crippen LogP contribution in [0.5, 0.6) is 0 Å². The van der Waals surface area contributed by atoms with Crippen LogP contribution in [0.2, 0.25) is 0 Å². The SMILES string of the molecule is CC(=O)c1cccc(NC(=O)C(NC(=O)OC(C)(C)C)C(C)C)c1. The number of carbonyl (C=O) groups excluding carboxylic acids is 3. The van der Waals surface area contributed by atoms with Gasteiger partial charge in [-0.25, -0.2) is 4.79 Å². The number of nitrogens with one attached hydrogen (secondary N) is 2. The number of amides is 2. The molecule has 132 valence electrons. The molecule has 2 amide bonds. The molecular formula is C18H26N2O4. The molecule has 1 unspecified atom stereocenters. The Morgan fingerprint density at radius 2 is 1.75 bits per heavy atom. The molecule has 0 aliphatic rings. The van der Waals surface area contributed by atoms with E-state index in [1.54, 1.807) is 45.0 Å². The van der Waals surface area contributed by atoms with E-state index in [2.05, 4.69) is 10.6 Å². The lowest BCUT2D eigenvalue weighted by Gasteiger charge is -2.25. The summed E-state index contributed by atoms with van der Waals surface area (Å²) in [5.41, 5.74) is 0.371. The Morgan fingerprint density at radius 1 is 1.12 bits per heavy atom. The van der Waals surface area contributed by atoms with Crippen LogP contribution >= 0.6 is 0 Å². The third kappa shape index (κ3) is 6.40. The van der Waals surface area contributed by atoms with E-state index in [4.69, 9.17) is 4.74 Å². The number of hydrogen-bond donors (Lipinski definition) is 2. The molecule has 6 nitrogen and oxygen atoms in total. The Bertz CT molecular complexity index is 618. The van der Waals surface area contributed by atoms with E-state index in [1.165, 1.54) is 6.92 Å². The highest BCUT2D eigenvalue weighted by molar-refractivity contribution is 5.99. The van der Waals surface area contributed by atoms with Crippen LogP contribution in [0.1, 0.15) is 51.9 Å². The summed E-state index contributed by atoms with van der Waals surface area (Å²) < 4.78 is 5.19. The molecule has 0 heterocycles. The summed E-state index contributed by atoms with van der Waals surface area (Å²) in [5, 5.41) is 5.32. The van der Waals surface area contributed by atoms with Gasteiger partial charge in [-0.2, -0.15) is 0 Å². The first-order chi connectivity index (χ1) is 11.0. The lowest BCUT2D eigenvalue weighted by atomic mass is 10.0. The maximum atomic E-state index is 12.5. The van der Waals surface area contributed by atoms with Crippen LogP contribution in [0.4, 0.5) is 10.5 Å². The number of benzene rings is 1. The van der Waals surface area contributed by atoms with Crippen LogP contribution < -0.4 is 10.6 Å². The monoisotopic (exact) mass is 334 g/mol. The van der Waals surface area contributed by atoms with Crippen LogP contribution in [0, 0.1) is 5.92 Å². The summed E-state index contributed by atoms with van der Waals surface area (Å²) in [6.07, 6.45) is -0.645. The highest BCUT2D eigenvalue weighted by atomic mass is 16.6. The van der Waals surface area contributed by atoms with E-state index in [0.717, 1.165) is 0 Å². The fraction of sp³-hybridized carbons (Fsp3) is 0.500. The average molecular weight is 334 g/mol. The molecule has 1 aromatic carbocycles. The molecule has 0 fully saturated rings. The standard InChI is InChI=1S/C18H26N2O4/c1-11(2)15(20-17(23)24-18(4,5)6)16(22)19-14-9-7-8-13(10-14)12(3)21/h7-11,15H,1-6H3,(H,19,22)(H,20,23). The molecule has 0 aliphatic heterocycles. The molecule has 0 saturated heterocycles. The van der Waals surface area contributed by atoms with Gasteiger partial charge in [-0.05, 0) is 45.7 Å². The topological polar surface area (TPSA) is 84.5 Å². The zero-order valence-corrected chi connectivity index (χ0v) is 15.1. The first-order valence-electron chi connectivity index (χ1n) is 7.91. The molecule has 0 saturated carbocycles. The van der Waals surface area contributed by atoms with Gasteiger partial charge in [-0.1, -0.05) is 26.0 Å². The third-order valence-corrected chi connectivity index (χ3v) is 3.16. The molecule has 1 aromatic rings. The van der Waals surface area contributed by atoms with Gasteiger partial charge in [0.25, 0.3) is 0 Å². The average Bonchev–Trinajstić information content (AvgIpc) is 2.42. The van der Waals surface area contributed by atoms with Crippen molar-refractivity contribution >= 4 is 23.5 Å². The Labute approximate surface area is 143 Å². The van der Waals surface area contributed by atoms with Crippen molar-refractivity contribution in [3.8, 4) is 0 Å². The summed E-state index contributed by atoms with van der Waals surface area (Å²) in [4.78, 5) is 35.8. The highest BCUT2D eigenvalue weighted by Crippen LogP contribution is 2.14. The summed E-state index contributed by atoms with van der Waals surface area (Å²) in [5.74, 6) is -0.580. The van der Waals surface area contributed by atoms with Crippen LogP contribution in [0.3, 0.4) is 0 Å². The van der Waals surface area contributed by atoms with E-state index >= 15 is 0 Å². The Balaban J connectivity index is 2.82. The zero-order chi connectivity index (χ0) is 18.5. The van der Waals surface area contributed by atoms with Crippen LogP contribution in [0.15, 0.2) is 24.3 Å². The van der Waals surface area contributed by atoms with Crippen molar-refractivity contribution in [2.24, 2.45) is 5.92 Å². The summed E-state index contributed by atoms with van der Waals surface area (Å²) >= 11 is 0. The minimum atomic E-state index is -0.749. The van der Waals surface area contributed by atoms with Gasteiger partial charge in [-0.15, -0.1) is 0 Å². The number of hydrogen-bond acceptors (Lipinski definition) is 4. The molecule has 0 bridgehead atoms. The van der Waals surface area contributed by atoms with Gasteiger partial charge in [-0.3, -0.25) is 9.59 Å². The first-order valence-corrected chi connectivity index (χ1v) is 7.91. The summed E-state index contributed by atoms with van der Waals surface area (Å²) in [6.45, 7) is 10.4. The van der Waals surface area contributed by atoms with Crippen molar-refractivity contribution in [2.45, 2.75) is 53.2 Å². The molecule has 0 aliphatic carbocycles. The van der Waals surface area contributed by atoms with Crippen molar-refractivity contribution in [1.29, 1.82) is 0 Å². The lowest BCUT2D eigenvalue weighted by Crippen LogP contribution is -2.48. The van der Waals surface area contributed by atoms with Crippen LogP contribution in [-0.4, -0.2) is 29.4 Å². The van der Waals surface area contributed by atoms with Gasteiger partial charge in [0, 0.05) is 11.3 Å². The Kier molecular flexibility index (Phi) is 6.51. The minimum Gasteiger partial charge on any atom is -0.444 e. The van der Waals surface area contributed by atoms with E-state index in [9.17, 15) is 14.4 Å². The smallest absolute Gasteiger partial charge is 0.408 e. The number of carbonyl (C=O) groups is 3. The Hall–Kier alpha value is -2.37. The number of alkyl carbamates (subject to hydrolysis) is 1. The van der Waals surface area contributed by atoms with E-state index < -0.39 is 17.7 Å². The molecule has 6 heteroatoms. The number of anilines is 1. The molecular weight excluding hydrogens is 308 g/mol. The van der Waals surface area contributed by atoms with E-state index in [0.29, 0.717) is 11.3 Å².